The van der Waals surface area contributed by atoms with E-state index in [1.165, 1.54) is 70.6 Å². The van der Waals surface area contributed by atoms with Crippen LogP contribution in [-0.4, -0.2) is 44.0 Å². The number of unbranched alkanes of at least 4 members (excludes halogenated alkanes) is 13. The monoisotopic (exact) mass is 410 g/mol. The molecule has 2 N–H and O–H groups in total. The zero-order chi connectivity index (χ0) is 20.2. The van der Waals surface area contributed by atoms with Crippen molar-refractivity contribution in [2.45, 2.75) is 109 Å². The van der Waals surface area contributed by atoms with Crippen molar-refractivity contribution in [3.8, 4) is 0 Å². The molecule has 1 unspecified atom stereocenters. The summed E-state index contributed by atoms with van der Waals surface area (Å²) in [6, 6.07) is 0. The Kier molecular flexibility index (Phi) is 19.0. The zero-order valence-corrected chi connectivity index (χ0v) is 18.1. The van der Waals surface area contributed by atoms with Gasteiger partial charge >= 0.3 is 10.4 Å². The second-order valence-electron chi connectivity index (χ2n) is 7.33. The normalized spacial score (nSPS) is 13.1. The lowest BCUT2D eigenvalue weighted by Crippen LogP contribution is -2.24. The van der Waals surface area contributed by atoms with E-state index < -0.39 is 16.5 Å². The van der Waals surface area contributed by atoms with Crippen molar-refractivity contribution in [1.82, 2.24) is 0 Å². The fourth-order valence-corrected chi connectivity index (χ4v) is 3.67. The van der Waals surface area contributed by atoms with E-state index in [4.69, 9.17) is 14.4 Å². The van der Waals surface area contributed by atoms with E-state index in [2.05, 4.69) is 11.1 Å². The number of aliphatic hydroxyl groups excluding tert-OH is 1. The van der Waals surface area contributed by atoms with E-state index in [9.17, 15) is 8.42 Å². The summed E-state index contributed by atoms with van der Waals surface area (Å²) in [5, 5.41) is 8.69. The third-order valence-corrected chi connectivity index (χ3v) is 5.19. The largest absolute Gasteiger partial charge is 0.397 e. The van der Waals surface area contributed by atoms with Crippen molar-refractivity contribution in [2.75, 3.05) is 19.8 Å². The highest BCUT2D eigenvalue weighted by atomic mass is 32.3. The average molecular weight is 411 g/mol. The molecule has 0 saturated carbocycles. The maximum Gasteiger partial charge on any atom is 0.397 e. The smallest absolute Gasteiger partial charge is 0.394 e. The van der Waals surface area contributed by atoms with Crippen LogP contribution in [0.15, 0.2) is 0 Å². The summed E-state index contributed by atoms with van der Waals surface area (Å²) in [6.45, 7) is 2.31. The molecule has 27 heavy (non-hydrogen) atoms. The molecule has 0 aliphatic carbocycles. The first-order valence-electron chi connectivity index (χ1n) is 10.8. The van der Waals surface area contributed by atoms with Gasteiger partial charge in [-0.2, -0.15) is 8.42 Å². The van der Waals surface area contributed by atoms with Gasteiger partial charge in [0.15, 0.2) is 0 Å². The van der Waals surface area contributed by atoms with E-state index in [1.807, 2.05) is 0 Å². The van der Waals surface area contributed by atoms with Gasteiger partial charge in [0.25, 0.3) is 0 Å². The SMILES string of the molecule is CCCCCCCCCCCCCCCCC(COCCO)OS(=O)(=O)O. The summed E-state index contributed by atoms with van der Waals surface area (Å²) < 4.78 is 40.2. The highest BCUT2D eigenvalue weighted by Crippen LogP contribution is 2.15. The summed E-state index contributed by atoms with van der Waals surface area (Å²) in [4.78, 5) is 0. The Bertz CT molecular complexity index is 399. The van der Waals surface area contributed by atoms with Gasteiger partial charge in [0.1, 0.15) is 6.10 Å². The second-order valence-corrected chi connectivity index (χ2v) is 8.38. The Balaban J connectivity index is 3.50. The Hall–Kier alpha value is -0.210. The molecule has 0 spiro atoms. The van der Waals surface area contributed by atoms with Crippen LogP contribution >= 0.6 is 0 Å². The van der Waals surface area contributed by atoms with Gasteiger partial charge in [0.2, 0.25) is 0 Å². The van der Waals surface area contributed by atoms with E-state index in [0.717, 1.165) is 19.3 Å². The fourth-order valence-electron chi connectivity index (χ4n) is 3.18. The van der Waals surface area contributed by atoms with Crippen molar-refractivity contribution in [2.24, 2.45) is 0 Å². The molecule has 0 aromatic rings. The van der Waals surface area contributed by atoms with Gasteiger partial charge in [0.05, 0.1) is 19.8 Å². The molecule has 0 saturated heterocycles. The Labute approximate surface area is 167 Å². The first-order chi connectivity index (χ1) is 13.0. The molecule has 1 atom stereocenters. The summed E-state index contributed by atoms with van der Waals surface area (Å²) in [6.07, 6.45) is 17.5. The molecule has 0 heterocycles. The fraction of sp³-hybridized carbons (Fsp3) is 1.00. The van der Waals surface area contributed by atoms with Gasteiger partial charge < -0.3 is 9.84 Å². The van der Waals surface area contributed by atoms with Crippen molar-refractivity contribution in [1.29, 1.82) is 0 Å². The standard InChI is InChI=1S/C20H42O6S/c1-2-3-4-5-6-7-8-9-10-11-12-13-14-15-16-20(19-25-18-17-21)26-27(22,23)24/h20-21H,2-19H2,1H3,(H,22,23,24). The molecule has 0 radical (unpaired) electrons. The third-order valence-electron chi connectivity index (χ3n) is 4.68. The highest BCUT2D eigenvalue weighted by Gasteiger charge is 2.17. The molecule has 6 nitrogen and oxygen atoms in total. The number of rotatable bonds is 21. The number of aliphatic hydroxyl groups is 1. The lowest BCUT2D eigenvalue weighted by molar-refractivity contribution is 0.0262. The summed E-state index contributed by atoms with van der Waals surface area (Å²) in [5.74, 6) is 0. The molecule has 0 fully saturated rings. The Morgan fingerprint density at radius 1 is 0.778 bits per heavy atom. The first-order valence-corrected chi connectivity index (χ1v) is 12.2. The van der Waals surface area contributed by atoms with E-state index >= 15 is 0 Å². The number of ether oxygens (including phenoxy) is 1. The van der Waals surface area contributed by atoms with Gasteiger partial charge in [-0.1, -0.05) is 96.8 Å². The molecule has 0 aromatic heterocycles. The van der Waals surface area contributed by atoms with Crippen molar-refractivity contribution in [3.05, 3.63) is 0 Å². The minimum Gasteiger partial charge on any atom is -0.394 e. The highest BCUT2D eigenvalue weighted by molar-refractivity contribution is 7.80. The van der Waals surface area contributed by atoms with Crippen LogP contribution in [0.1, 0.15) is 103 Å². The molecule has 0 rings (SSSR count). The Morgan fingerprint density at radius 2 is 1.22 bits per heavy atom. The minimum absolute atomic E-state index is 0.0544. The van der Waals surface area contributed by atoms with Crippen LogP contribution in [0.4, 0.5) is 0 Å². The maximum absolute atomic E-state index is 10.9. The lowest BCUT2D eigenvalue weighted by Gasteiger charge is -2.15. The molecule has 0 bridgehead atoms. The number of hydrogen-bond donors (Lipinski definition) is 2. The zero-order valence-electron chi connectivity index (χ0n) is 17.2. The van der Waals surface area contributed by atoms with E-state index in [-0.39, 0.29) is 19.8 Å². The van der Waals surface area contributed by atoms with Gasteiger partial charge in [-0.3, -0.25) is 4.55 Å². The molecule has 0 amide bonds. The summed E-state index contributed by atoms with van der Waals surface area (Å²) >= 11 is 0. The first kappa shape index (κ1) is 26.8. The van der Waals surface area contributed by atoms with Crippen molar-refractivity contribution in [3.63, 3.8) is 0 Å². The van der Waals surface area contributed by atoms with Gasteiger partial charge in [0, 0.05) is 0 Å². The Morgan fingerprint density at radius 3 is 1.63 bits per heavy atom. The number of hydrogen-bond acceptors (Lipinski definition) is 5. The van der Waals surface area contributed by atoms with Crippen molar-refractivity contribution >= 4 is 10.4 Å². The molecular weight excluding hydrogens is 368 g/mol. The predicted molar refractivity (Wildman–Crippen MR) is 109 cm³/mol. The van der Waals surface area contributed by atoms with E-state index in [0.29, 0.717) is 6.42 Å². The van der Waals surface area contributed by atoms with Crippen LogP contribution < -0.4 is 0 Å². The minimum atomic E-state index is -4.47. The van der Waals surface area contributed by atoms with Crippen LogP contribution in [0.5, 0.6) is 0 Å². The molecule has 0 aliphatic heterocycles. The van der Waals surface area contributed by atoms with Crippen LogP contribution in [-0.2, 0) is 19.3 Å². The van der Waals surface area contributed by atoms with Crippen LogP contribution in [0, 0.1) is 0 Å². The van der Waals surface area contributed by atoms with Gasteiger partial charge in [-0.05, 0) is 6.42 Å². The quantitative estimate of drug-likeness (QED) is 0.203. The lowest BCUT2D eigenvalue weighted by atomic mass is 10.0. The summed E-state index contributed by atoms with van der Waals surface area (Å²) in [7, 11) is -4.47. The van der Waals surface area contributed by atoms with Crippen LogP contribution in [0.25, 0.3) is 0 Å². The topological polar surface area (TPSA) is 93.1 Å². The van der Waals surface area contributed by atoms with Gasteiger partial charge in [-0.15, -0.1) is 0 Å². The van der Waals surface area contributed by atoms with E-state index in [1.54, 1.807) is 0 Å². The second kappa shape index (κ2) is 19.1. The third kappa shape index (κ3) is 21.9. The van der Waals surface area contributed by atoms with Crippen molar-refractivity contribution < 1.29 is 27.0 Å². The molecule has 0 aromatic carbocycles. The molecule has 164 valence electrons. The van der Waals surface area contributed by atoms with Gasteiger partial charge in [-0.25, -0.2) is 4.18 Å². The molecular formula is C20H42O6S. The molecule has 0 aliphatic rings. The van der Waals surface area contributed by atoms with Crippen LogP contribution in [0.3, 0.4) is 0 Å². The molecule has 7 heteroatoms. The average Bonchev–Trinajstić information content (AvgIpc) is 2.60. The van der Waals surface area contributed by atoms with Crippen LogP contribution in [0.2, 0.25) is 0 Å². The maximum atomic E-state index is 10.9. The summed E-state index contributed by atoms with van der Waals surface area (Å²) in [5.41, 5.74) is 0. The predicted octanol–water partition coefficient (Wildman–Crippen LogP) is 5.05.